The van der Waals surface area contributed by atoms with E-state index in [0.29, 0.717) is 0 Å². The molecule has 2 rings (SSSR count). The van der Waals surface area contributed by atoms with Crippen LogP contribution in [0.25, 0.3) is 5.57 Å². The topological polar surface area (TPSA) is 38.0 Å². The molecule has 0 saturated heterocycles. The van der Waals surface area contributed by atoms with Gasteiger partial charge in [0.25, 0.3) is 0 Å². The Labute approximate surface area is 109 Å². The van der Waals surface area contributed by atoms with Gasteiger partial charge >= 0.3 is 0 Å². The fourth-order valence-corrected chi connectivity index (χ4v) is 1.49. The van der Waals surface area contributed by atoms with E-state index >= 15 is 0 Å². The summed E-state index contributed by atoms with van der Waals surface area (Å²) in [7, 11) is 3.75. The lowest BCUT2D eigenvalue weighted by molar-refractivity contribution is 1.02. The van der Waals surface area contributed by atoms with Crippen molar-refractivity contribution in [1.82, 2.24) is 5.32 Å². The van der Waals surface area contributed by atoms with Gasteiger partial charge in [-0.05, 0) is 42.9 Å². The number of nitrogen functional groups attached to an aromatic ring is 1. The van der Waals surface area contributed by atoms with Gasteiger partial charge in [-0.3, -0.25) is 0 Å². The molecule has 0 aliphatic carbocycles. The van der Waals surface area contributed by atoms with Gasteiger partial charge in [-0.2, -0.15) is 0 Å². The Morgan fingerprint density at radius 2 is 1.33 bits per heavy atom. The summed E-state index contributed by atoms with van der Waals surface area (Å²) < 4.78 is 0. The summed E-state index contributed by atoms with van der Waals surface area (Å²) in [5, 5.41) is 2.75. The number of nitrogens with two attached hydrogens (primary N) is 1. The van der Waals surface area contributed by atoms with E-state index in [2.05, 4.69) is 24.0 Å². The standard InChI is InChI=1S/C14H13N.C2H7N/c1-11(12-5-3-2-4-6-12)13-7-9-14(15)10-8-13;1-3-2/h2-10H,1,15H2;3H,1-2H3. The van der Waals surface area contributed by atoms with Gasteiger partial charge in [0.2, 0.25) is 0 Å². The van der Waals surface area contributed by atoms with Crippen molar-refractivity contribution >= 4 is 11.3 Å². The first kappa shape index (κ1) is 14.0. The molecule has 0 aliphatic heterocycles. The highest BCUT2D eigenvalue weighted by atomic mass is 14.7. The molecular formula is C16H20N2. The summed E-state index contributed by atoms with van der Waals surface area (Å²) in [4.78, 5) is 0. The van der Waals surface area contributed by atoms with Crippen LogP contribution < -0.4 is 11.1 Å². The van der Waals surface area contributed by atoms with Gasteiger partial charge in [-0.25, -0.2) is 0 Å². The molecule has 0 saturated carbocycles. The smallest absolute Gasteiger partial charge is 0.0314 e. The second kappa shape index (κ2) is 7.30. The average molecular weight is 240 g/mol. The van der Waals surface area contributed by atoms with Crippen LogP contribution in [0.1, 0.15) is 11.1 Å². The van der Waals surface area contributed by atoms with E-state index in [4.69, 9.17) is 5.73 Å². The van der Waals surface area contributed by atoms with Crippen molar-refractivity contribution in [3.05, 3.63) is 72.3 Å². The van der Waals surface area contributed by atoms with E-state index in [1.807, 2.05) is 56.6 Å². The third kappa shape index (κ3) is 4.07. The normalized spacial score (nSPS) is 9.22. The Morgan fingerprint density at radius 1 is 0.889 bits per heavy atom. The van der Waals surface area contributed by atoms with Gasteiger partial charge in [0.05, 0.1) is 0 Å². The number of hydrogen-bond donors (Lipinski definition) is 2. The van der Waals surface area contributed by atoms with Crippen molar-refractivity contribution in [2.75, 3.05) is 19.8 Å². The number of benzene rings is 2. The summed E-state index contributed by atoms with van der Waals surface area (Å²) in [5.74, 6) is 0. The molecule has 0 radical (unpaired) electrons. The average Bonchev–Trinajstić information content (AvgIpc) is 2.41. The maximum absolute atomic E-state index is 5.64. The second-order valence-corrected chi connectivity index (χ2v) is 3.97. The number of anilines is 1. The number of hydrogen-bond acceptors (Lipinski definition) is 2. The largest absolute Gasteiger partial charge is 0.399 e. The minimum atomic E-state index is 0.777. The molecule has 0 aliphatic rings. The van der Waals surface area contributed by atoms with E-state index in [1.165, 1.54) is 0 Å². The Kier molecular flexibility index (Phi) is 5.68. The Hall–Kier alpha value is -2.06. The highest BCUT2D eigenvalue weighted by Gasteiger charge is 2.00. The number of rotatable bonds is 2. The Bertz CT molecular complexity index is 472. The number of nitrogens with one attached hydrogen (secondary N) is 1. The van der Waals surface area contributed by atoms with Gasteiger partial charge in [-0.15, -0.1) is 0 Å². The van der Waals surface area contributed by atoms with Crippen LogP contribution in [-0.4, -0.2) is 14.1 Å². The van der Waals surface area contributed by atoms with Crippen molar-refractivity contribution in [3.8, 4) is 0 Å². The van der Waals surface area contributed by atoms with Gasteiger partial charge < -0.3 is 11.1 Å². The molecular weight excluding hydrogens is 220 g/mol. The Morgan fingerprint density at radius 3 is 1.83 bits per heavy atom. The quantitative estimate of drug-likeness (QED) is 0.791. The van der Waals surface area contributed by atoms with Crippen LogP contribution in [-0.2, 0) is 0 Å². The molecule has 2 heteroatoms. The molecule has 0 bridgehead atoms. The van der Waals surface area contributed by atoms with E-state index < -0.39 is 0 Å². The predicted molar refractivity (Wildman–Crippen MR) is 80.4 cm³/mol. The molecule has 2 nitrogen and oxygen atoms in total. The highest BCUT2D eigenvalue weighted by molar-refractivity contribution is 5.78. The molecule has 18 heavy (non-hydrogen) atoms. The lowest BCUT2D eigenvalue weighted by Crippen LogP contribution is -1.89. The van der Waals surface area contributed by atoms with E-state index in [0.717, 1.165) is 22.4 Å². The summed E-state index contributed by atoms with van der Waals surface area (Å²) in [6.45, 7) is 4.08. The molecule has 2 aromatic rings. The van der Waals surface area contributed by atoms with Crippen molar-refractivity contribution in [2.24, 2.45) is 0 Å². The van der Waals surface area contributed by atoms with Crippen molar-refractivity contribution < 1.29 is 0 Å². The predicted octanol–water partition coefficient (Wildman–Crippen LogP) is 3.17. The van der Waals surface area contributed by atoms with Gasteiger partial charge in [0, 0.05) is 5.69 Å². The zero-order valence-electron chi connectivity index (χ0n) is 11.0. The first-order valence-corrected chi connectivity index (χ1v) is 5.87. The first-order chi connectivity index (χ1) is 8.69. The maximum Gasteiger partial charge on any atom is 0.0314 e. The monoisotopic (exact) mass is 240 g/mol. The van der Waals surface area contributed by atoms with E-state index in [1.54, 1.807) is 0 Å². The Balaban J connectivity index is 0.000000492. The molecule has 2 aromatic carbocycles. The second-order valence-electron chi connectivity index (χ2n) is 3.97. The molecule has 0 atom stereocenters. The van der Waals surface area contributed by atoms with Crippen LogP contribution in [0, 0.1) is 0 Å². The zero-order valence-corrected chi connectivity index (χ0v) is 11.0. The fourth-order valence-electron chi connectivity index (χ4n) is 1.49. The van der Waals surface area contributed by atoms with Crippen LogP contribution in [0.3, 0.4) is 0 Å². The van der Waals surface area contributed by atoms with E-state index in [9.17, 15) is 0 Å². The molecule has 0 unspecified atom stereocenters. The SMILES string of the molecule is C=C(c1ccccc1)c1ccc(N)cc1.CNC. The molecule has 0 spiro atoms. The summed E-state index contributed by atoms with van der Waals surface area (Å²) in [6, 6.07) is 17.9. The van der Waals surface area contributed by atoms with Crippen LogP contribution in [0.5, 0.6) is 0 Å². The van der Waals surface area contributed by atoms with Crippen molar-refractivity contribution in [3.63, 3.8) is 0 Å². The van der Waals surface area contributed by atoms with Crippen LogP contribution in [0.4, 0.5) is 5.69 Å². The lowest BCUT2D eigenvalue weighted by atomic mass is 10.00. The van der Waals surface area contributed by atoms with Crippen molar-refractivity contribution in [2.45, 2.75) is 0 Å². The van der Waals surface area contributed by atoms with Gasteiger partial charge in [0.15, 0.2) is 0 Å². The summed E-state index contributed by atoms with van der Waals surface area (Å²) in [6.07, 6.45) is 0. The molecule has 0 amide bonds. The fraction of sp³-hybridized carbons (Fsp3) is 0.125. The molecule has 3 N–H and O–H groups in total. The maximum atomic E-state index is 5.64. The first-order valence-electron chi connectivity index (χ1n) is 5.87. The molecule has 0 fully saturated rings. The third-order valence-electron chi connectivity index (χ3n) is 2.38. The summed E-state index contributed by atoms with van der Waals surface area (Å²) in [5.41, 5.74) is 9.68. The van der Waals surface area contributed by atoms with Crippen LogP contribution in [0.2, 0.25) is 0 Å². The van der Waals surface area contributed by atoms with Gasteiger partial charge in [-0.1, -0.05) is 49.0 Å². The van der Waals surface area contributed by atoms with E-state index in [-0.39, 0.29) is 0 Å². The minimum absolute atomic E-state index is 0.777. The lowest BCUT2D eigenvalue weighted by Gasteiger charge is -2.06. The highest BCUT2D eigenvalue weighted by Crippen LogP contribution is 2.21. The summed E-state index contributed by atoms with van der Waals surface area (Å²) >= 11 is 0. The molecule has 0 heterocycles. The molecule has 0 aromatic heterocycles. The van der Waals surface area contributed by atoms with Gasteiger partial charge in [0.1, 0.15) is 0 Å². The minimum Gasteiger partial charge on any atom is -0.399 e. The zero-order chi connectivity index (χ0) is 13.4. The third-order valence-corrected chi connectivity index (χ3v) is 2.38. The molecule has 94 valence electrons. The van der Waals surface area contributed by atoms with Crippen molar-refractivity contribution in [1.29, 1.82) is 0 Å². The van der Waals surface area contributed by atoms with Crippen LogP contribution >= 0.6 is 0 Å². The van der Waals surface area contributed by atoms with Crippen LogP contribution in [0.15, 0.2) is 61.2 Å².